The summed E-state index contributed by atoms with van der Waals surface area (Å²) in [6, 6.07) is 9.67. The molecule has 23 heavy (non-hydrogen) atoms. The number of hydrogen-bond donors (Lipinski definition) is 1. The van der Waals surface area contributed by atoms with Gasteiger partial charge in [-0.25, -0.2) is 4.79 Å². The van der Waals surface area contributed by atoms with Crippen LogP contribution in [0, 0.1) is 0 Å². The predicted octanol–water partition coefficient (Wildman–Crippen LogP) is 2.26. The van der Waals surface area contributed by atoms with E-state index in [0.717, 1.165) is 0 Å². The van der Waals surface area contributed by atoms with E-state index < -0.39 is 24.4 Å². The van der Waals surface area contributed by atoms with Crippen molar-refractivity contribution in [2.24, 2.45) is 0 Å². The second-order valence-electron chi connectivity index (χ2n) is 4.39. The summed E-state index contributed by atoms with van der Waals surface area (Å²) in [6.45, 7) is 1.86. The number of benzene rings is 1. The minimum absolute atomic E-state index is 0.297. The molecular weight excluding hydrogens is 318 g/mol. The van der Waals surface area contributed by atoms with Gasteiger partial charge in [0, 0.05) is 0 Å². The maximum absolute atomic E-state index is 11.8. The molecule has 0 aliphatic rings. The summed E-state index contributed by atoms with van der Waals surface area (Å²) in [5.41, 5.74) is 0.297. The highest BCUT2D eigenvalue weighted by Gasteiger charge is 2.14. The molecule has 6 nitrogen and oxygen atoms in total. The number of esters is 1. The molecule has 0 bridgehead atoms. The van der Waals surface area contributed by atoms with E-state index in [2.05, 4.69) is 5.32 Å². The van der Waals surface area contributed by atoms with E-state index in [0.29, 0.717) is 22.8 Å². The van der Waals surface area contributed by atoms with Crippen LogP contribution in [0.25, 0.3) is 0 Å². The minimum Gasteiger partial charge on any atom is -0.494 e. The van der Waals surface area contributed by atoms with Crippen molar-refractivity contribution < 1.29 is 23.9 Å². The monoisotopic (exact) mass is 333 g/mol. The van der Waals surface area contributed by atoms with Crippen molar-refractivity contribution in [1.29, 1.82) is 0 Å². The molecular formula is C16H15NO5S. The van der Waals surface area contributed by atoms with Gasteiger partial charge in [0.15, 0.2) is 6.61 Å². The van der Waals surface area contributed by atoms with Crippen LogP contribution in [0.2, 0.25) is 0 Å². The summed E-state index contributed by atoms with van der Waals surface area (Å²) in [4.78, 5) is 35.5. The Hall–Kier alpha value is -2.67. The Balaban J connectivity index is 1.81. The summed E-state index contributed by atoms with van der Waals surface area (Å²) in [7, 11) is 0. The fourth-order valence-corrected chi connectivity index (χ4v) is 2.32. The number of rotatable bonds is 6. The topological polar surface area (TPSA) is 81.7 Å². The minimum atomic E-state index is -0.678. The zero-order valence-electron chi connectivity index (χ0n) is 12.4. The van der Waals surface area contributed by atoms with Crippen LogP contribution in [0.15, 0.2) is 41.8 Å². The Bertz CT molecular complexity index is 679. The van der Waals surface area contributed by atoms with Crippen LogP contribution in [-0.4, -0.2) is 31.0 Å². The van der Waals surface area contributed by atoms with E-state index in [9.17, 15) is 14.4 Å². The van der Waals surface area contributed by atoms with E-state index in [-0.39, 0.29) is 0 Å². The van der Waals surface area contributed by atoms with Gasteiger partial charge in [0.25, 0.3) is 11.8 Å². The number of thiophene rings is 1. The lowest BCUT2D eigenvalue weighted by molar-refractivity contribution is -0.123. The lowest BCUT2D eigenvalue weighted by Gasteiger charge is -2.06. The maximum atomic E-state index is 11.8. The summed E-state index contributed by atoms with van der Waals surface area (Å²) in [5, 5.41) is 3.88. The quantitative estimate of drug-likeness (QED) is 0.820. The molecule has 2 amide bonds. The van der Waals surface area contributed by atoms with Gasteiger partial charge in [0.1, 0.15) is 5.75 Å². The number of amides is 2. The number of nitrogens with one attached hydrogen (secondary N) is 1. The van der Waals surface area contributed by atoms with Crippen LogP contribution in [0.1, 0.15) is 27.0 Å². The highest BCUT2D eigenvalue weighted by molar-refractivity contribution is 7.12. The number of carbonyl (C=O) groups is 3. The Labute approximate surface area is 137 Å². The van der Waals surface area contributed by atoms with Crippen LogP contribution in [0.5, 0.6) is 5.75 Å². The molecule has 1 aromatic heterocycles. The zero-order chi connectivity index (χ0) is 16.7. The lowest BCUT2D eigenvalue weighted by atomic mass is 10.2. The van der Waals surface area contributed by atoms with E-state index in [1.807, 2.05) is 6.92 Å². The molecule has 2 rings (SSSR count). The van der Waals surface area contributed by atoms with Gasteiger partial charge in [0.05, 0.1) is 17.0 Å². The van der Waals surface area contributed by atoms with Crippen molar-refractivity contribution in [3.63, 3.8) is 0 Å². The molecule has 0 spiro atoms. The molecule has 0 saturated heterocycles. The number of hydrogen-bond acceptors (Lipinski definition) is 6. The number of ether oxygens (including phenoxy) is 2. The summed E-state index contributed by atoms with van der Waals surface area (Å²) >= 11 is 1.22. The van der Waals surface area contributed by atoms with Crippen LogP contribution >= 0.6 is 11.3 Å². The molecule has 1 heterocycles. The maximum Gasteiger partial charge on any atom is 0.338 e. The lowest BCUT2D eigenvalue weighted by Crippen LogP contribution is -2.33. The normalized spacial score (nSPS) is 9.96. The standard InChI is InChI=1S/C16H15NO5S/c1-2-21-12-7-5-11(6-8-12)16(20)22-10-14(18)17-15(19)13-4-3-9-23-13/h3-9H,2,10H2,1H3,(H,17,18,19). The summed E-state index contributed by atoms with van der Waals surface area (Å²) < 4.78 is 10.1. The molecule has 1 N–H and O–H groups in total. The molecule has 0 saturated carbocycles. The van der Waals surface area contributed by atoms with Gasteiger partial charge >= 0.3 is 5.97 Å². The van der Waals surface area contributed by atoms with Crippen molar-refractivity contribution in [3.05, 3.63) is 52.2 Å². The van der Waals surface area contributed by atoms with Gasteiger partial charge in [-0.15, -0.1) is 11.3 Å². The smallest absolute Gasteiger partial charge is 0.338 e. The largest absolute Gasteiger partial charge is 0.494 e. The molecule has 1 aromatic carbocycles. The van der Waals surface area contributed by atoms with Crippen LogP contribution in [-0.2, 0) is 9.53 Å². The molecule has 0 atom stereocenters. The zero-order valence-corrected chi connectivity index (χ0v) is 13.2. The van der Waals surface area contributed by atoms with E-state index in [4.69, 9.17) is 9.47 Å². The average Bonchev–Trinajstić information content (AvgIpc) is 3.08. The molecule has 0 fully saturated rings. The first kappa shape index (κ1) is 16.7. The third kappa shape index (κ3) is 4.93. The molecule has 120 valence electrons. The molecule has 0 unspecified atom stereocenters. The molecule has 0 aliphatic carbocycles. The van der Waals surface area contributed by atoms with Gasteiger partial charge in [-0.05, 0) is 42.6 Å². The Morgan fingerprint density at radius 3 is 2.48 bits per heavy atom. The Kier molecular flexibility index (Phi) is 5.87. The van der Waals surface area contributed by atoms with E-state index in [1.165, 1.54) is 11.3 Å². The van der Waals surface area contributed by atoms with Crippen molar-refractivity contribution in [3.8, 4) is 5.75 Å². The van der Waals surface area contributed by atoms with E-state index >= 15 is 0 Å². The average molecular weight is 333 g/mol. The van der Waals surface area contributed by atoms with Crippen molar-refractivity contribution in [1.82, 2.24) is 5.32 Å². The summed E-state index contributed by atoms with van der Waals surface area (Å²) in [6.07, 6.45) is 0. The van der Waals surface area contributed by atoms with Crippen LogP contribution in [0.3, 0.4) is 0 Å². The Morgan fingerprint density at radius 1 is 1.13 bits per heavy atom. The van der Waals surface area contributed by atoms with E-state index in [1.54, 1.807) is 41.8 Å². The highest BCUT2D eigenvalue weighted by Crippen LogP contribution is 2.13. The van der Waals surface area contributed by atoms with Gasteiger partial charge in [-0.2, -0.15) is 0 Å². The Morgan fingerprint density at radius 2 is 1.87 bits per heavy atom. The first-order valence-electron chi connectivity index (χ1n) is 6.88. The predicted molar refractivity (Wildman–Crippen MR) is 84.7 cm³/mol. The number of imide groups is 1. The van der Waals surface area contributed by atoms with Crippen molar-refractivity contribution in [2.75, 3.05) is 13.2 Å². The SMILES string of the molecule is CCOc1ccc(C(=O)OCC(=O)NC(=O)c2cccs2)cc1. The second-order valence-corrected chi connectivity index (χ2v) is 5.34. The third-order valence-corrected chi connectivity index (χ3v) is 3.60. The molecule has 0 aliphatic heterocycles. The highest BCUT2D eigenvalue weighted by atomic mass is 32.1. The fraction of sp³-hybridized carbons (Fsp3) is 0.188. The first-order valence-corrected chi connectivity index (χ1v) is 7.75. The van der Waals surface area contributed by atoms with Crippen molar-refractivity contribution >= 4 is 29.1 Å². The molecule has 0 radical (unpaired) electrons. The molecule has 2 aromatic rings. The third-order valence-electron chi connectivity index (χ3n) is 2.73. The van der Waals surface area contributed by atoms with Crippen molar-refractivity contribution in [2.45, 2.75) is 6.92 Å². The van der Waals surface area contributed by atoms with Gasteiger partial charge in [-0.1, -0.05) is 6.07 Å². The van der Waals surface area contributed by atoms with Gasteiger partial charge < -0.3 is 9.47 Å². The first-order chi connectivity index (χ1) is 11.1. The second kappa shape index (κ2) is 8.09. The fourth-order valence-electron chi connectivity index (χ4n) is 1.70. The van der Waals surface area contributed by atoms with Gasteiger partial charge in [-0.3, -0.25) is 14.9 Å². The molecule has 7 heteroatoms. The van der Waals surface area contributed by atoms with Crippen LogP contribution < -0.4 is 10.1 Å². The summed E-state index contributed by atoms with van der Waals surface area (Å²) in [5.74, 6) is -1.19. The van der Waals surface area contributed by atoms with Gasteiger partial charge in [0.2, 0.25) is 0 Å². The number of carbonyl (C=O) groups excluding carboxylic acids is 3. The van der Waals surface area contributed by atoms with Crippen LogP contribution in [0.4, 0.5) is 0 Å².